The van der Waals surface area contributed by atoms with E-state index in [-0.39, 0.29) is 16.9 Å². The van der Waals surface area contributed by atoms with E-state index in [9.17, 15) is 19.1 Å². The van der Waals surface area contributed by atoms with Gasteiger partial charge in [-0.15, -0.1) is 0 Å². The largest absolute Gasteiger partial charge is 0.507 e. The molecule has 0 spiro atoms. The van der Waals surface area contributed by atoms with Gasteiger partial charge in [0, 0.05) is 18.7 Å². The zero-order valence-corrected chi connectivity index (χ0v) is 21.4. The van der Waals surface area contributed by atoms with E-state index in [4.69, 9.17) is 9.47 Å². The maximum absolute atomic E-state index is 14.4. The van der Waals surface area contributed by atoms with Crippen LogP contribution in [0.15, 0.2) is 48.0 Å². The van der Waals surface area contributed by atoms with E-state index in [0.29, 0.717) is 31.0 Å². The summed E-state index contributed by atoms with van der Waals surface area (Å²) in [6.07, 6.45) is 1.96. The molecule has 36 heavy (non-hydrogen) atoms. The SMILES string of the molecule is CCCCOc1ccc([C@@H]2C(=C(O)c3ccc(OC)c(F)c3)C(=O)C(=O)N2CCN(CC)CC)cc1. The highest BCUT2D eigenvalue weighted by Gasteiger charge is 2.46. The smallest absolute Gasteiger partial charge is 0.295 e. The summed E-state index contributed by atoms with van der Waals surface area (Å²) in [6, 6.07) is 10.3. The molecule has 0 radical (unpaired) electrons. The van der Waals surface area contributed by atoms with E-state index < -0.39 is 29.3 Å². The van der Waals surface area contributed by atoms with Gasteiger partial charge in [0.25, 0.3) is 11.7 Å². The van der Waals surface area contributed by atoms with Crippen molar-refractivity contribution < 1.29 is 28.6 Å². The molecule has 0 aliphatic carbocycles. The first-order valence-electron chi connectivity index (χ1n) is 12.4. The number of likely N-dealkylation sites (N-methyl/N-ethyl adjacent to an activating group) is 1. The molecule has 7 nitrogen and oxygen atoms in total. The van der Waals surface area contributed by atoms with Crippen LogP contribution in [0.1, 0.15) is 50.8 Å². The highest BCUT2D eigenvalue weighted by atomic mass is 19.1. The highest BCUT2D eigenvalue weighted by molar-refractivity contribution is 6.46. The molecular formula is C28H35FN2O5. The summed E-state index contributed by atoms with van der Waals surface area (Å²) in [5, 5.41) is 11.2. The number of aliphatic hydroxyl groups excluding tert-OH is 1. The van der Waals surface area contributed by atoms with Gasteiger partial charge in [-0.3, -0.25) is 9.59 Å². The molecule has 1 amide bonds. The summed E-state index contributed by atoms with van der Waals surface area (Å²) in [7, 11) is 1.34. The molecule has 0 saturated carbocycles. The van der Waals surface area contributed by atoms with Crippen molar-refractivity contribution in [2.45, 2.75) is 39.7 Å². The van der Waals surface area contributed by atoms with Crippen LogP contribution in [0.2, 0.25) is 0 Å². The summed E-state index contributed by atoms with van der Waals surface area (Å²) in [5.74, 6) is -1.88. The van der Waals surface area contributed by atoms with Gasteiger partial charge in [0.05, 0.1) is 25.3 Å². The van der Waals surface area contributed by atoms with Crippen molar-refractivity contribution in [2.24, 2.45) is 0 Å². The number of rotatable bonds is 12. The second kappa shape index (κ2) is 12.5. The van der Waals surface area contributed by atoms with Crippen molar-refractivity contribution in [3.63, 3.8) is 0 Å². The van der Waals surface area contributed by atoms with Crippen molar-refractivity contribution >= 4 is 17.4 Å². The van der Waals surface area contributed by atoms with Crippen LogP contribution >= 0.6 is 0 Å². The van der Waals surface area contributed by atoms with E-state index in [2.05, 4.69) is 11.8 Å². The Morgan fingerprint density at radius 3 is 2.36 bits per heavy atom. The van der Waals surface area contributed by atoms with Crippen LogP contribution in [0.5, 0.6) is 11.5 Å². The zero-order valence-electron chi connectivity index (χ0n) is 21.4. The van der Waals surface area contributed by atoms with Gasteiger partial charge in [-0.25, -0.2) is 4.39 Å². The van der Waals surface area contributed by atoms with Crippen molar-refractivity contribution in [3.8, 4) is 11.5 Å². The molecule has 2 aromatic carbocycles. The summed E-state index contributed by atoms with van der Waals surface area (Å²) >= 11 is 0. The maximum Gasteiger partial charge on any atom is 0.295 e. The van der Waals surface area contributed by atoms with Crippen molar-refractivity contribution in [1.82, 2.24) is 9.80 Å². The number of amides is 1. The monoisotopic (exact) mass is 498 g/mol. The Bertz CT molecular complexity index is 1100. The lowest BCUT2D eigenvalue weighted by molar-refractivity contribution is -0.140. The van der Waals surface area contributed by atoms with Crippen LogP contribution in [0.3, 0.4) is 0 Å². The Balaban J connectivity index is 2.04. The Morgan fingerprint density at radius 1 is 1.08 bits per heavy atom. The molecule has 1 atom stereocenters. The van der Waals surface area contributed by atoms with Crippen LogP contribution in [0, 0.1) is 5.82 Å². The van der Waals surface area contributed by atoms with Crippen LogP contribution in [0.4, 0.5) is 4.39 Å². The number of halogens is 1. The summed E-state index contributed by atoms with van der Waals surface area (Å²) in [6.45, 7) is 9.24. The van der Waals surface area contributed by atoms with Crippen LogP contribution in [-0.4, -0.2) is 66.5 Å². The fourth-order valence-electron chi connectivity index (χ4n) is 4.30. The first kappa shape index (κ1) is 27.2. The molecular weight excluding hydrogens is 463 g/mol. The number of hydrogen-bond donors (Lipinski definition) is 1. The normalized spacial score (nSPS) is 17.2. The third-order valence-corrected chi connectivity index (χ3v) is 6.48. The fraction of sp³-hybridized carbons (Fsp3) is 0.429. The van der Waals surface area contributed by atoms with Crippen molar-refractivity contribution in [2.75, 3.05) is 39.9 Å². The molecule has 3 rings (SSSR count). The number of methoxy groups -OCH3 is 1. The van der Waals surface area contributed by atoms with Gasteiger partial charge >= 0.3 is 0 Å². The van der Waals surface area contributed by atoms with Crippen LogP contribution < -0.4 is 9.47 Å². The predicted octanol–water partition coefficient (Wildman–Crippen LogP) is 4.78. The van der Waals surface area contributed by atoms with Gasteiger partial charge in [-0.2, -0.15) is 0 Å². The molecule has 0 aromatic heterocycles. The van der Waals surface area contributed by atoms with Crippen LogP contribution in [-0.2, 0) is 9.59 Å². The number of benzene rings is 2. The van der Waals surface area contributed by atoms with Gasteiger partial charge in [0.15, 0.2) is 11.6 Å². The second-order valence-electron chi connectivity index (χ2n) is 8.64. The third kappa shape index (κ3) is 5.87. The summed E-state index contributed by atoms with van der Waals surface area (Å²) in [4.78, 5) is 29.9. The first-order valence-corrected chi connectivity index (χ1v) is 12.4. The number of unbranched alkanes of at least 4 members (excludes halogenated alkanes) is 1. The predicted molar refractivity (Wildman–Crippen MR) is 137 cm³/mol. The van der Waals surface area contributed by atoms with Crippen LogP contribution in [0.25, 0.3) is 5.76 Å². The number of Topliss-reactive ketones (excluding diaryl/α,β-unsaturated/α-hetero) is 1. The lowest BCUT2D eigenvalue weighted by atomic mass is 9.95. The minimum Gasteiger partial charge on any atom is -0.507 e. The molecule has 1 aliphatic rings. The quantitative estimate of drug-likeness (QED) is 0.196. The Kier molecular flexibility index (Phi) is 9.47. The third-order valence-electron chi connectivity index (χ3n) is 6.48. The van der Waals surface area contributed by atoms with E-state index in [1.165, 1.54) is 24.1 Å². The molecule has 1 N–H and O–H groups in total. The summed E-state index contributed by atoms with van der Waals surface area (Å²) < 4.78 is 25.1. The number of ketones is 1. The molecule has 8 heteroatoms. The van der Waals surface area contributed by atoms with Gasteiger partial charge in [0.2, 0.25) is 0 Å². The van der Waals surface area contributed by atoms with Gasteiger partial charge in [-0.05, 0) is 55.4 Å². The highest BCUT2D eigenvalue weighted by Crippen LogP contribution is 2.40. The standard InChI is InChI=1S/C28H35FN2O5/c1-5-8-17-36-21-12-9-19(10-13-21)25-24(26(32)20-11-14-23(35-4)22(29)18-20)27(33)28(34)31(25)16-15-30(6-2)7-3/h9-14,18,25,32H,5-8,15-17H2,1-4H3/t25-/m1/s1. The molecule has 0 bridgehead atoms. The zero-order chi connectivity index (χ0) is 26.2. The second-order valence-corrected chi connectivity index (χ2v) is 8.64. The molecule has 1 aliphatic heterocycles. The minimum atomic E-state index is -0.810. The Hall–Kier alpha value is -3.39. The van der Waals surface area contributed by atoms with E-state index in [1.54, 1.807) is 24.3 Å². The Morgan fingerprint density at radius 2 is 1.78 bits per heavy atom. The van der Waals surface area contributed by atoms with Gasteiger partial charge in [-0.1, -0.05) is 39.3 Å². The van der Waals surface area contributed by atoms with Gasteiger partial charge in [0.1, 0.15) is 11.5 Å². The Labute approximate surface area is 212 Å². The number of carbonyl (C=O) groups is 2. The topological polar surface area (TPSA) is 79.3 Å². The molecule has 194 valence electrons. The number of hydrogen-bond acceptors (Lipinski definition) is 6. The fourth-order valence-corrected chi connectivity index (χ4v) is 4.30. The molecule has 2 aromatic rings. The average Bonchev–Trinajstić information content (AvgIpc) is 3.14. The van der Waals surface area contributed by atoms with Crippen molar-refractivity contribution in [3.05, 3.63) is 65.0 Å². The summed E-state index contributed by atoms with van der Waals surface area (Å²) in [5.41, 5.74) is 0.690. The number of likely N-dealkylation sites (tertiary alicyclic amines) is 1. The van der Waals surface area contributed by atoms with E-state index >= 15 is 0 Å². The number of aliphatic hydroxyl groups is 1. The van der Waals surface area contributed by atoms with Gasteiger partial charge < -0.3 is 24.4 Å². The lowest BCUT2D eigenvalue weighted by Crippen LogP contribution is -2.38. The van der Waals surface area contributed by atoms with E-state index in [0.717, 1.165) is 32.0 Å². The molecule has 1 fully saturated rings. The van der Waals surface area contributed by atoms with E-state index in [1.807, 2.05) is 13.8 Å². The van der Waals surface area contributed by atoms with Crippen molar-refractivity contribution in [1.29, 1.82) is 0 Å². The average molecular weight is 499 g/mol. The maximum atomic E-state index is 14.4. The number of carbonyl (C=O) groups excluding carboxylic acids is 2. The first-order chi connectivity index (χ1) is 17.4. The molecule has 1 saturated heterocycles. The molecule has 1 heterocycles. The minimum absolute atomic E-state index is 0.0152. The number of ether oxygens (including phenoxy) is 2. The number of nitrogens with zero attached hydrogens (tertiary/aromatic N) is 2. The lowest BCUT2D eigenvalue weighted by Gasteiger charge is -2.28. The molecule has 0 unspecified atom stereocenters.